The summed E-state index contributed by atoms with van der Waals surface area (Å²) in [5.41, 5.74) is 1.41. The maximum atomic E-state index is 4.24. The van der Waals surface area contributed by atoms with Gasteiger partial charge in [-0.25, -0.2) is 4.99 Å². The summed E-state index contributed by atoms with van der Waals surface area (Å²) in [4.78, 5) is 12.5. The average Bonchev–Trinajstić information content (AvgIpc) is 2.79. The molecule has 0 aromatic rings. The van der Waals surface area contributed by atoms with Gasteiger partial charge in [0.2, 0.25) is 0 Å². The lowest BCUT2D eigenvalue weighted by Gasteiger charge is -2.23. The van der Waals surface area contributed by atoms with Crippen molar-refractivity contribution in [2.45, 2.75) is 12.8 Å². The Morgan fingerprint density at radius 2 is 2.05 bits per heavy atom. The van der Waals surface area contributed by atoms with Crippen LogP contribution in [0, 0.1) is 0 Å². The van der Waals surface area contributed by atoms with Crippen LogP contribution in [0.1, 0.15) is 12.8 Å². The molecule has 0 atom stereocenters. The van der Waals surface area contributed by atoms with E-state index in [0.717, 1.165) is 38.3 Å². The van der Waals surface area contributed by atoms with Crippen LogP contribution in [0.25, 0.3) is 0 Å². The minimum atomic E-state index is 0.758. The summed E-state index contributed by atoms with van der Waals surface area (Å²) < 4.78 is 0. The van der Waals surface area contributed by atoms with Crippen LogP contribution in [-0.2, 0) is 0 Å². The molecular weight excluding hydrogens is 272 g/mol. The quantitative estimate of drug-likeness (QED) is 0.613. The Bertz CT molecular complexity index is 483. The third-order valence-corrected chi connectivity index (χ3v) is 3.55. The molecule has 0 radical (unpaired) electrons. The van der Waals surface area contributed by atoms with Crippen molar-refractivity contribution in [3.05, 3.63) is 48.4 Å². The highest BCUT2D eigenvalue weighted by atomic mass is 15.2. The van der Waals surface area contributed by atoms with Gasteiger partial charge in [0.25, 0.3) is 0 Å². The molecule has 0 aliphatic heterocycles. The predicted molar refractivity (Wildman–Crippen MR) is 97.8 cm³/mol. The Morgan fingerprint density at radius 3 is 2.82 bits per heavy atom. The number of allylic oxidation sites excluding steroid dienone is 5. The van der Waals surface area contributed by atoms with Gasteiger partial charge in [0.1, 0.15) is 5.82 Å². The van der Waals surface area contributed by atoms with Gasteiger partial charge >= 0.3 is 0 Å². The number of hydrogen-bond donors (Lipinski definition) is 0. The molecule has 0 aromatic carbocycles. The van der Waals surface area contributed by atoms with E-state index in [1.807, 2.05) is 7.05 Å². The lowest BCUT2D eigenvalue weighted by molar-refractivity contribution is 0.288. The molecule has 1 rings (SSSR count). The Hall–Kier alpha value is -1.94. The van der Waals surface area contributed by atoms with E-state index in [-0.39, 0.29) is 0 Å². The van der Waals surface area contributed by atoms with Crippen LogP contribution < -0.4 is 0 Å². The number of rotatable bonds is 9. The fraction of sp³-hybridized carbons (Fsp3) is 0.444. The van der Waals surface area contributed by atoms with Crippen molar-refractivity contribution in [3.63, 3.8) is 0 Å². The molecule has 1 aliphatic rings. The Balaban J connectivity index is 2.26. The van der Waals surface area contributed by atoms with Crippen molar-refractivity contribution < 1.29 is 0 Å². The first-order valence-corrected chi connectivity index (χ1v) is 7.69. The number of hydrogen-bond acceptors (Lipinski definition) is 4. The third kappa shape index (κ3) is 7.74. The van der Waals surface area contributed by atoms with E-state index in [0.29, 0.717) is 0 Å². The SMILES string of the molecule is C=C(/N=C\C=NC)N(C)CCN(C)CCC1=CCC=CC=C1. The Labute approximate surface area is 134 Å². The van der Waals surface area contributed by atoms with Gasteiger partial charge in [0, 0.05) is 46.2 Å². The highest BCUT2D eigenvalue weighted by Gasteiger charge is 2.04. The smallest absolute Gasteiger partial charge is 0.121 e. The lowest BCUT2D eigenvalue weighted by atomic mass is 10.1. The van der Waals surface area contributed by atoms with Crippen LogP contribution >= 0.6 is 0 Å². The monoisotopic (exact) mass is 300 g/mol. The number of likely N-dealkylation sites (N-methyl/N-ethyl adjacent to an activating group) is 2. The zero-order valence-electron chi connectivity index (χ0n) is 14.1. The number of aliphatic imine (C=N–C) groups is 2. The summed E-state index contributed by atoms with van der Waals surface area (Å²) in [6, 6.07) is 0. The normalized spacial score (nSPS) is 14.8. The van der Waals surface area contributed by atoms with Crippen molar-refractivity contribution in [1.29, 1.82) is 0 Å². The van der Waals surface area contributed by atoms with Crippen molar-refractivity contribution in [1.82, 2.24) is 9.80 Å². The average molecular weight is 300 g/mol. The van der Waals surface area contributed by atoms with Gasteiger partial charge in [-0.05, 0) is 19.9 Å². The molecule has 0 saturated heterocycles. The summed E-state index contributed by atoms with van der Waals surface area (Å²) in [5.74, 6) is 0.758. The second kappa shape index (κ2) is 10.7. The molecule has 0 heterocycles. The molecule has 0 fully saturated rings. The molecule has 0 N–H and O–H groups in total. The fourth-order valence-electron chi connectivity index (χ4n) is 1.98. The van der Waals surface area contributed by atoms with Gasteiger partial charge in [-0.2, -0.15) is 0 Å². The van der Waals surface area contributed by atoms with Gasteiger partial charge in [-0.3, -0.25) is 4.99 Å². The van der Waals surface area contributed by atoms with Crippen LogP contribution in [0.5, 0.6) is 0 Å². The number of nitrogens with zero attached hydrogens (tertiary/aromatic N) is 4. The molecule has 0 unspecified atom stereocenters. The highest BCUT2D eigenvalue weighted by molar-refractivity contribution is 6.16. The van der Waals surface area contributed by atoms with Gasteiger partial charge in [-0.15, -0.1) is 0 Å². The Kier molecular flexibility index (Phi) is 8.84. The molecule has 4 nitrogen and oxygen atoms in total. The molecule has 120 valence electrons. The predicted octanol–water partition coefficient (Wildman–Crippen LogP) is 2.93. The standard InChI is InChI=1S/C18H28N4/c1-17(20-13-12-19-2)22(4)16-15-21(3)14-11-18-9-7-5-6-8-10-18/h5-7,9-10,12-13H,1,8,11,14-16H2,2-4H3/b19-12?,20-13-. The zero-order chi connectivity index (χ0) is 16.2. The van der Waals surface area contributed by atoms with Crippen LogP contribution in [0.4, 0.5) is 0 Å². The van der Waals surface area contributed by atoms with E-state index in [9.17, 15) is 0 Å². The van der Waals surface area contributed by atoms with Crippen molar-refractivity contribution in [3.8, 4) is 0 Å². The third-order valence-electron chi connectivity index (χ3n) is 3.55. The summed E-state index contributed by atoms with van der Waals surface area (Å²) >= 11 is 0. The molecule has 0 spiro atoms. The minimum Gasteiger partial charge on any atom is -0.359 e. The molecule has 0 amide bonds. The van der Waals surface area contributed by atoms with E-state index in [4.69, 9.17) is 0 Å². The minimum absolute atomic E-state index is 0.758. The molecule has 22 heavy (non-hydrogen) atoms. The summed E-state index contributed by atoms with van der Waals surface area (Å²) in [5, 5.41) is 0. The highest BCUT2D eigenvalue weighted by Crippen LogP contribution is 2.10. The summed E-state index contributed by atoms with van der Waals surface area (Å²) in [7, 11) is 5.89. The van der Waals surface area contributed by atoms with E-state index in [1.165, 1.54) is 5.57 Å². The van der Waals surface area contributed by atoms with Crippen molar-refractivity contribution in [2.24, 2.45) is 9.98 Å². The van der Waals surface area contributed by atoms with E-state index < -0.39 is 0 Å². The maximum absolute atomic E-state index is 4.24. The zero-order valence-corrected chi connectivity index (χ0v) is 14.1. The van der Waals surface area contributed by atoms with E-state index in [2.05, 4.69) is 63.8 Å². The van der Waals surface area contributed by atoms with Crippen molar-refractivity contribution >= 4 is 12.4 Å². The summed E-state index contributed by atoms with van der Waals surface area (Å²) in [6.45, 7) is 6.91. The maximum Gasteiger partial charge on any atom is 0.121 e. The van der Waals surface area contributed by atoms with Crippen molar-refractivity contribution in [2.75, 3.05) is 40.8 Å². The van der Waals surface area contributed by atoms with Gasteiger partial charge < -0.3 is 9.80 Å². The second-order valence-electron chi connectivity index (χ2n) is 5.38. The lowest BCUT2D eigenvalue weighted by Crippen LogP contribution is -2.30. The van der Waals surface area contributed by atoms with Gasteiger partial charge in [0.15, 0.2) is 0 Å². The molecule has 1 aliphatic carbocycles. The largest absolute Gasteiger partial charge is 0.359 e. The summed E-state index contributed by atoms with van der Waals surface area (Å²) in [6.07, 6.45) is 16.4. The van der Waals surface area contributed by atoms with Crippen LogP contribution in [-0.4, -0.2) is 63.0 Å². The van der Waals surface area contributed by atoms with E-state index in [1.54, 1.807) is 19.5 Å². The first-order chi connectivity index (χ1) is 10.6. The molecule has 0 aromatic heterocycles. The topological polar surface area (TPSA) is 31.2 Å². The van der Waals surface area contributed by atoms with E-state index >= 15 is 0 Å². The molecular formula is C18H28N4. The molecule has 4 heteroatoms. The molecule has 0 saturated carbocycles. The molecule has 0 bridgehead atoms. The second-order valence-corrected chi connectivity index (χ2v) is 5.38. The first-order valence-electron chi connectivity index (χ1n) is 7.69. The van der Waals surface area contributed by atoms with Gasteiger partial charge in [-0.1, -0.05) is 42.5 Å². The van der Waals surface area contributed by atoms with Gasteiger partial charge in [0.05, 0.1) is 0 Å². The van der Waals surface area contributed by atoms with Crippen LogP contribution in [0.2, 0.25) is 0 Å². The Morgan fingerprint density at radius 1 is 1.23 bits per heavy atom. The van der Waals surface area contributed by atoms with Crippen LogP contribution in [0.15, 0.2) is 58.3 Å². The van der Waals surface area contributed by atoms with Crippen LogP contribution in [0.3, 0.4) is 0 Å². The first kappa shape index (κ1) is 18.1. The fourth-order valence-corrected chi connectivity index (χ4v) is 1.98.